The fourth-order valence-corrected chi connectivity index (χ4v) is 3.12. The molecule has 2 aliphatic rings. The van der Waals surface area contributed by atoms with Gasteiger partial charge in [-0.2, -0.15) is 0 Å². The molecule has 0 aliphatic carbocycles. The average molecular weight is 262 g/mol. The Hall–Kier alpha value is -1.26. The van der Waals surface area contributed by atoms with Crippen LogP contribution in [0.25, 0.3) is 0 Å². The first-order chi connectivity index (χ1) is 9.30. The van der Waals surface area contributed by atoms with Gasteiger partial charge in [0.05, 0.1) is 25.4 Å². The molecule has 2 fully saturated rings. The summed E-state index contributed by atoms with van der Waals surface area (Å²) in [6.07, 6.45) is 3.36. The van der Waals surface area contributed by atoms with Gasteiger partial charge in [-0.15, -0.1) is 0 Å². The maximum atomic E-state index is 6.09. The van der Waals surface area contributed by atoms with E-state index in [1.807, 2.05) is 18.2 Å². The Bertz CT molecular complexity index is 430. The van der Waals surface area contributed by atoms with Crippen LogP contribution in [0.1, 0.15) is 19.3 Å². The molecule has 1 atom stereocenters. The van der Waals surface area contributed by atoms with E-state index in [1.165, 1.54) is 0 Å². The Labute approximate surface area is 114 Å². The maximum absolute atomic E-state index is 6.09. The van der Waals surface area contributed by atoms with Crippen molar-refractivity contribution in [1.29, 1.82) is 0 Å². The smallest absolute Gasteiger partial charge is 0.120 e. The molecule has 1 aromatic carbocycles. The SMILES string of the molecule is COc1cccc(NC2COC3(CCNCC3)C2)c1. The van der Waals surface area contributed by atoms with E-state index in [0.717, 1.165) is 50.4 Å². The van der Waals surface area contributed by atoms with Gasteiger partial charge in [0.15, 0.2) is 0 Å². The fourth-order valence-electron chi connectivity index (χ4n) is 3.12. The molecular formula is C15H22N2O2. The summed E-state index contributed by atoms with van der Waals surface area (Å²) < 4.78 is 11.3. The van der Waals surface area contributed by atoms with Crippen LogP contribution in [0.5, 0.6) is 5.75 Å². The van der Waals surface area contributed by atoms with Gasteiger partial charge in [0.1, 0.15) is 5.75 Å². The minimum Gasteiger partial charge on any atom is -0.497 e. The minimum atomic E-state index is 0.113. The zero-order chi connectivity index (χ0) is 13.1. The van der Waals surface area contributed by atoms with Gasteiger partial charge in [-0.3, -0.25) is 0 Å². The topological polar surface area (TPSA) is 42.5 Å². The summed E-state index contributed by atoms with van der Waals surface area (Å²) in [4.78, 5) is 0. The van der Waals surface area contributed by atoms with Crippen LogP contribution in [0.15, 0.2) is 24.3 Å². The predicted octanol–water partition coefficient (Wildman–Crippen LogP) is 2.02. The number of methoxy groups -OCH3 is 1. The normalized spacial score (nSPS) is 25.4. The van der Waals surface area contributed by atoms with Gasteiger partial charge >= 0.3 is 0 Å². The van der Waals surface area contributed by atoms with Crippen LogP contribution in [0.4, 0.5) is 5.69 Å². The highest BCUT2D eigenvalue weighted by atomic mass is 16.5. The van der Waals surface area contributed by atoms with Crippen molar-refractivity contribution in [3.8, 4) is 5.75 Å². The van der Waals surface area contributed by atoms with Crippen LogP contribution in [0, 0.1) is 0 Å². The first-order valence-corrected chi connectivity index (χ1v) is 7.05. The summed E-state index contributed by atoms with van der Waals surface area (Å²) in [6, 6.07) is 8.50. The lowest BCUT2D eigenvalue weighted by atomic mass is 9.88. The Kier molecular flexibility index (Phi) is 3.62. The number of ether oxygens (including phenoxy) is 2. The number of hydrogen-bond donors (Lipinski definition) is 2. The maximum Gasteiger partial charge on any atom is 0.120 e. The van der Waals surface area contributed by atoms with Crippen molar-refractivity contribution in [1.82, 2.24) is 5.32 Å². The van der Waals surface area contributed by atoms with Crippen LogP contribution in [-0.4, -0.2) is 38.4 Å². The van der Waals surface area contributed by atoms with Crippen molar-refractivity contribution in [3.63, 3.8) is 0 Å². The zero-order valence-electron chi connectivity index (χ0n) is 11.4. The van der Waals surface area contributed by atoms with Gasteiger partial charge in [-0.1, -0.05) is 6.07 Å². The number of benzene rings is 1. The zero-order valence-corrected chi connectivity index (χ0v) is 11.4. The largest absolute Gasteiger partial charge is 0.497 e. The molecule has 2 heterocycles. The second-order valence-electron chi connectivity index (χ2n) is 5.52. The molecule has 19 heavy (non-hydrogen) atoms. The minimum absolute atomic E-state index is 0.113. The Morgan fingerprint density at radius 3 is 3.00 bits per heavy atom. The molecule has 3 rings (SSSR count). The van der Waals surface area contributed by atoms with Crippen LogP contribution in [0.2, 0.25) is 0 Å². The molecule has 0 radical (unpaired) electrons. The lowest BCUT2D eigenvalue weighted by Gasteiger charge is -2.32. The molecule has 0 saturated carbocycles. The molecule has 1 aromatic rings. The van der Waals surface area contributed by atoms with Gasteiger partial charge < -0.3 is 20.1 Å². The lowest BCUT2D eigenvalue weighted by molar-refractivity contribution is -0.0192. The van der Waals surface area contributed by atoms with Gasteiger partial charge in [0.25, 0.3) is 0 Å². The average Bonchev–Trinajstić information content (AvgIpc) is 2.82. The van der Waals surface area contributed by atoms with Crippen molar-refractivity contribution in [3.05, 3.63) is 24.3 Å². The molecule has 0 aromatic heterocycles. The number of hydrogen-bond acceptors (Lipinski definition) is 4. The van der Waals surface area contributed by atoms with E-state index in [1.54, 1.807) is 7.11 Å². The van der Waals surface area contributed by atoms with Crippen molar-refractivity contribution in [2.45, 2.75) is 30.9 Å². The molecule has 4 heteroatoms. The third kappa shape index (κ3) is 2.85. The molecule has 2 saturated heterocycles. The molecule has 0 amide bonds. The highest BCUT2D eigenvalue weighted by molar-refractivity contribution is 5.49. The van der Waals surface area contributed by atoms with Crippen molar-refractivity contribution >= 4 is 5.69 Å². The summed E-state index contributed by atoms with van der Waals surface area (Å²) in [5, 5.41) is 6.96. The van der Waals surface area contributed by atoms with E-state index in [-0.39, 0.29) is 5.60 Å². The molecular weight excluding hydrogens is 240 g/mol. The molecule has 0 bridgehead atoms. The second kappa shape index (κ2) is 5.39. The Morgan fingerprint density at radius 2 is 2.21 bits per heavy atom. The first kappa shape index (κ1) is 12.8. The third-order valence-corrected chi connectivity index (χ3v) is 4.16. The van der Waals surface area contributed by atoms with Crippen LogP contribution in [-0.2, 0) is 4.74 Å². The van der Waals surface area contributed by atoms with Crippen LogP contribution < -0.4 is 15.4 Å². The van der Waals surface area contributed by atoms with Crippen LogP contribution in [0.3, 0.4) is 0 Å². The Balaban J connectivity index is 1.61. The van der Waals surface area contributed by atoms with E-state index >= 15 is 0 Å². The fraction of sp³-hybridized carbons (Fsp3) is 0.600. The highest BCUT2D eigenvalue weighted by Gasteiger charge is 2.41. The lowest BCUT2D eigenvalue weighted by Crippen LogP contribution is -2.41. The van der Waals surface area contributed by atoms with Gasteiger partial charge in [0.2, 0.25) is 0 Å². The predicted molar refractivity (Wildman–Crippen MR) is 75.8 cm³/mol. The summed E-state index contributed by atoms with van der Waals surface area (Å²) in [5.74, 6) is 0.889. The first-order valence-electron chi connectivity index (χ1n) is 7.05. The number of anilines is 1. The summed E-state index contributed by atoms with van der Waals surface area (Å²) in [5.41, 5.74) is 1.22. The van der Waals surface area contributed by atoms with E-state index in [9.17, 15) is 0 Å². The standard InChI is InChI=1S/C15H22N2O2/c1-18-14-4-2-3-12(9-14)17-13-10-15(19-11-13)5-7-16-8-6-15/h2-4,9,13,16-17H,5-8,10-11H2,1H3. The summed E-state index contributed by atoms with van der Waals surface area (Å²) >= 11 is 0. The number of rotatable bonds is 3. The second-order valence-corrected chi connectivity index (χ2v) is 5.52. The number of nitrogens with one attached hydrogen (secondary N) is 2. The quantitative estimate of drug-likeness (QED) is 0.874. The molecule has 1 spiro atoms. The highest BCUT2D eigenvalue weighted by Crippen LogP contribution is 2.35. The third-order valence-electron chi connectivity index (χ3n) is 4.16. The van der Waals surface area contributed by atoms with E-state index in [4.69, 9.17) is 9.47 Å². The summed E-state index contributed by atoms with van der Waals surface area (Å²) in [6.45, 7) is 2.95. The molecule has 104 valence electrons. The van der Waals surface area contributed by atoms with Gasteiger partial charge in [-0.05, 0) is 44.5 Å². The summed E-state index contributed by atoms with van der Waals surface area (Å²) in [7, 11) is 1.70. The van der Waals surface area contributed by atoms with Crippen LogP contribution >= 0.6 is 0 Å². The van der Waals surface area contributed by atoms with E-state index < -0.39 is 0 Å². The van der Waals surface area contributed by atoms with E-state index in [0.29, 0.717) is 6.04 Å². The van der Waals surface area contributed by atoms with E-state index in [2.05, 4.69) is 16.7 Å². The molecule has 4 nitrogen and oxygen atoms in total. The van der Waals surface area contributed by atoms with Gasteiger partial charge in [0, 0.05) is 11.8 Å². The molecule has 2 aliphatic heterocycles. The monoisotopic (exact) mass is 262 g/mol. The van der Waals surface area contributed by atoms with Gasteiger partial charge in [-0.25, -0.2) is 0 Å². The molecule has 1 unspecified atom stereocenters. The van der Waals surface area contributed by atoms with Crippen molar-refractivity contribution < 1.29 is 9.47 Å². The number of piperidine rings is 1. The van der Waals surface area contributed by atoms with Crippen molar-refractivity contribution in [2.24, 2.45) is 0 Å². The molecule has 2 N–H and O–H groups in total. The Morgan fingerprint density at radius 1 is 1.37 bits per heavy atom. The van der Waals surface area contributed by atoms with Crippen molar-refractivity contribution in [2.75, 3.05) is 32.1 Å².